The number of benzene rings is 2. The smallest absolute Gasteiger partial charge is 0.122 e. The lowest BCUT2D eigenvalue weighted by molar-refractivity contribution is 0.195. The van der Waals surface area contributed by atoms with Gasteiger partial charge in [-0.1, -0.05) is 61.9 Å². The van der Waals surface area contributed by atoms with Gasteiger partial charge in [0.1, 0.15) is 5.75 Å². The van der Waals surface area contributed by atoms with E-state index >= 15 is 0 Å². The van der Waals surface area contributed by atoms with E-state index in [1.54, 1.807) is 0 Å². The van der Waals surface area contributed by atoms with Gasteiger partial charge < -0.3 is 10.1 Å². The Labute approximate surface area is 139 Å². The van der Waals surface area contributed by atoms with E-state index in [-0.39, 0.29) is 0 Å². The molecule has 2 atom stereocenters. The lowest BCUT2D eigenvalue weighted by Gasteiger charge is -2.32. The summed E-state index contributed by atoms with van der Waals surface area (Å²) in [7, 11) is 0. The molecule has 0 amide bonds. The molecule has 3 rings (SSSR count). The molecule has 0 bridgehead atoms. The highest BCUT2D eigenvalue weighted by atomic mass is 16.5. The Kier molecular flexibility index (Phi) is 5.71. The fourth-order valence-corrected chi connectivity index (χ4v) is 3.55. The minimum Gasteiger partial charge on any atom is -0.493 e. The molecule has 2 aromatic carbocycles. The molecule has 1 fully saturated rings. The van der Waals surface area contributed by atoms with Crippen molar-refractivity contribution in [2.45, 2.75) is 32.1 Å². The highest BCUT2D eigenvalue weighted by molar-refractivity contribution is 5.33. The fourth-order valence-electron chi connectivity index (χ4n) is 3.55. The average Bonchev–Trinajstić information content (AvgIpc) is 2.62. The van der Waals surface area contributed by atoms with Crippen LogP contribution in [0.15, 0.2) is 54.6 Å². The monoisotopic (exact) mass is 309 g/mol. The molecule has 23 heavy (non-hydrogen) atoms. The van der Waals surface area contributed by atoms with Gasteiger partial charge in [-0.05, 0) is 42.5 Å². The summed E-state index contributed by atoms with van der Waals surface area (Å²) in [5.74, 6) is 2.18. The van der Waals surface area contributed by atoms with Crippen LogP contribution in [0.5, 0.6) is 5.75 Å². The molecular weight excluding hydrogens is 282 g/mol. The van der Waals surface area contributed by atoms with E-state index in [1.165, 1.54) is 17.5 Å². The maximum atomic E-state index is 6.24. The molecule has 1 heterocycles. The predicted molar refractivity (Wildman–Crippen MR) is 96.1 cm³/mol. The molecule has 1 aliphatic rings. The molecule has 0 saturated carbocycles. The zero-order chi connectivity index (χ0) is 15.9. The second-order valence-electron chi connectivity index (χ2n) is 6.44. The first-order valence-electron chi connectivity index (χ1n) is 8.85. The number of hydrogen-bond acceptors (Lipinski definition) is 2. The zero-order valence-electron chi connectivity index (χ0n) is 14.0. The molecule has 0 unspecified atom stereocenters. The number of ether oxygens (including phenoxy) is 1. The van der Waals surface area contributed by atoms with E-state index in [1.807, 2.05) is 0 Å². The van der Waals surface area contributed by atoms with Crippen LogP contribution >= 0.6 is 0 Å². The minimum atomic E-state index is 0.529. The molecule has 122 valence electrons. The molecule has 0 radical (unpaired) electrons. The molecule has 0 aromatic heterocycles. The van der Waals surface area contributed by atoms with Gasteiger partial charge in [-0.2, -0.15) is 0 Å². The number of piperidine rings is 1. The molecular formula is C21H27NO. The van der Waals surface area contributed by atoms with Crippen LogP contribution in [-0.4, -0.2) is 19.7 Å². The van der Waals surface area contributed by atoms with Crippen molar-refractivity contribution in [3.05, 3.63) is 65.7 Å². The first-order chi connectivity index (χ1) is 11.4. The predicted octanol–water partition coefficient (Wildman–Crippen LogP) is 4.41. The van der Waals surface area contributed by atoms with Gasteiger partial charge in [0.15, 0.2) is 0 Å². The van der Waals surface area contributed by atoms with Gasteiger partial charge >= 0.3 is 0 Å². The third-order valence-corrected chi connectivity index (χ3v) is 4.78. The lowest BCUT2D eigenvalue weighted by atomic mass is 9.81. The van der Waals surface area contributed by atoms with Gasteiger partial charge in [0.25, 0.3) is 0 Å². The standard InChI is InChI=1S/C21H27NO/c1-2-8-18-11-6-7-12-21(18)23-16-19-15-22-14-13-20(19)17-9-4-3-5-10-17/h3-7,9-12,19-20,22H,2,8,13-16H2,1H3/t19-,20-/m0/s1. The molecule has 1 saturated heterocycles. The summed E-state index contributed by atoms with van der Waals surface area (Å²) in [6.45, 7) is 5.14. The minimum absolute atomic E-state index is 0.529. The molecule has 1 N–H and O–H groups in total. The average molecular weight is 309 g/mol. The van der Waals surface area contributed by atoms with Crippen molar-refractivity contribution in [3.8, 4) is 5.75 Å². The highest BCUT2D eigenvalue weighted by Gasteiger charge is 2.27. The molecule has 0 aliphatic carbocycles. The number of aryl methyl sites for hydroxylation is 1. The van der Waals surface area contributed by atoms with E-state index in [4.69, 9.17) is 4.74 Å². The van der Waals surface area contributed by atoms with Crippen molar-refractivity contribution >= 4 is 0 Å². The first-order valence-corrected chi connectivity index (χ1v) is 8.85. The van der Waals surface area contributed by atoms with E-state index in [0.717, 1.165) is 38.3 Å². The molecule has 2 aromatic rings. The van der Waals surface area contributed by atoms with Crippen LogP contribution in [0.1, 0.15) is 36.8 Å². The quantitative estimate of drug-likeness (QED) is 0.853. The van der Waals surface area contributed by atoms with Crippen molar-refractivity contribution in [1.29, 1.82) is 0 Å². The maximum Gasteiger partial charge on any atom is 0.122 e. The summed E-state index contributed by atoms with van der Waals surface area (Å²) in [6, 6.07) is 19.4. The van der Waals surface area contributed by atoms with E-state index in [2.05, 4.69) is 66.8 Å². The first kappa shape index (κ1) is 16.1. The highest BCUT2D eigenvalue weighted by Crippen LogP contribution is 2.31. The Morgan fingerprint density at radius 2 is 1.83 bits per heavy atom. The summed E-state index contributed by atoms with van der Waals surface area (Å²) in [5.41, 5.74) is 2.78. The number of nitrogens with one attached hydrogen (secondary N) is 1. The Bertz CT molecular complexity index is 596. The van der Waals surface area contributed by atoms with Crippen LogP contribution in [0.2, 0.25) is 0 Å². The van der Waals surface area contributed by atoms with Crippen molar-refractivity contribution in [2.75, 3.05) is 19.7 Å². The summed E-state index contributed by atoms with van der Waals surface area (Å²) < 4.78 is 6.24. The van der Waals surface area contributed by atoms with Gasteiger partial charge in [0.2, 0.25) is 0 Å². The van der Waals surface area contributed by atoms with Crippen molar-refractivity contribution < 1.29 is 4.74 Å². The topological polar surface area (TPSA) is 21.3 Å². The van der Waals surface area contributed by atoms with Crippen LogP contribution < -0.4 is 10.1 Å². The van der Waals surface area contributed by atoms with Gasteiger partial charge in [-0.25, -0.2) is 0 Å². The van der Waals surface area contributed by atoms with Crippen LogP contribution in [0.25, 0.3) is 0 Å². The van der Waals surface area contributed by atoms with E-state index in [9.17, 15) is 0 Å². The molecule has 0 spiro atoms. The molecule has 1 aliphatic heterocycles. The van der Waals surface area contributed by atoms with Crippen molar-refractivity contribution in [1.82, 2.24) is 5.32 Å². The molecule has 2 nitrogen and oxygen atoms in total. The van der Waals surface area contributed by atoms with Gasteiger partial charge in [-0.15, -0.1) is 0 Å². The largest absolute Gasteiger partial charge is 0.493 e. The second kappa shape index (κ2) is 8.16. The normalized spacial score (nSPS) is 21.1. The SMILES string of the molecule is CCCc1ccccc1OC[C@@H]1CNCC[C@H]1c1ccccc1. The number of hydrogen-bond donors (Lipinski definition) is 1. The van der Waals surface area contributed by atoms with Crippen LogP contribution in [-0.2, 0) is 6.42 Å². The molecule has 2 heteroatoms. The van der Waals surface area contributed by atoms with Crippen LogP contribution in [0.4, 0.5) is 0 Å². The van der Waals surface area contributed by atoms with Crippen molar-refractivity contribution in [3.63, 3.8) is 0 Å². The van der Waals surface area contributed by atoms with Gasteiger partial charge in [0.05, 0.1) is 6.61 Å². The van der Waals surface area contributed by atoms with Gasteiger partial charge in [-0.3, -0.25) is 0 Å². The Morgan fingerprint density at radius 3 is 2.65 bits per heavy atom. The van der Waals surface area contributed by atoms with Crippen molar-refractivity contribution in [2.24, 2.45) is 5.92 Å². The van der Waals surface area contributed by atoms with E-state index < -0.39 is 0 Å². The van der Waals surface area contributed by atoms with E-state index in [0.29, 0.717) is 11.8 Å². The summed E-state index contributed by atoms with van der Waals surface area (Å²) in [5, 5.41) is 3.53. The summed E-state index contributed by atoms with van der Waals surface area (Å²) in [4.78, 5) is 0. The summed E-state index contributed by atoms with van der Waals surface area (Å²) in [6.07, 6.45) is 3.42. The van der Waals surface area contributed by atoms with Crippen LogP contribution in [0.3, 0.4) is 0 Å². The Balaban J connectivity index is 1.68. The second-order valence-corrected chi connectivity index (χ2v) is 6.44. The number of para-hydroxylation sites is 1. The Morgan fingerprint density at radius 1 is 1.04 bits per heavy atom. The number of rotatable bonds is 6. The lowest BCUT2D eigenvalue weighted by Crippen LogP contribution is -2.38. The third-order valence-electron chi connectivity index (χ3n) is 4.78. The maximum absolute atomic E-state index is 6.24. The summed E-state index contributed by atoms with van der Waals surface area (Å²) >= 11 is 0. The Hall–Kier alpha value is -1.80. The third kappa shape index (κ3) is 4.14. The van der Waals surface area contributed by atoms with Gasteiger partial charge in [0, 0.05) is 12.5 Å². The fraction of sp³-hybridized carbons (Fsp3) is 0.429. The zero-order valence-corrected chi connectivity index (χ0v) is 14.0. The van der Waals surface area contributed by atoms with Crippen LogP contribution in [0, 0.1) is 5.92 Å².